The average Bonchev–Trinajstić information content (AvgIpc) is 2.82. The number of carbonyl (C=O) groups is 1. The lowest BCUT2D eigenvalue weighted by molar-refractivity contribution is -0.113. The third-order valence-electron chi connectivity index (χ3n) is 5.21. The van der Waals surface area contributed by atoms with E-state index in [-0.39, 0.29) is 17.2 Å². The van der Waals surface area contributed by atoms with E-state index < -0.39 is 0 Å². The minimum atomic E-state index is -0.227. The maximum Gasteiger partial charge on any atom is 0.266 e. The minimum Gasteiger partial charge on any atom is -0.493 e. The molecule has 0 aliphatic carbocycles. The maximum atomic E-state index is 13.5. The van der Waals surface area contributed by atoms with E-state index in [0.29, 0.717) is 33.2 Å². The molecule has 34 heavy (non-hydrogen) atoms. The van der Waals surface area contributed by atoms with E-state index in [2.05, 4.69) is 5.32 Å². The molecule has 0 saturated carbocycles. The van der Waals surface area contributed by atoms with Crippen LogP contribution >= 0.6 is 11.8 Å². The second-order valence-electron chi connectivity index (χ2n) is 7.80. The zero-order chi connectivity index (χ0) is 24.2. The van der Waals surface area contributed by atoms with Crippen LogP contribution in [-0.4, -0.2) is 35.4 Å². The Bertz CT molecular complexity index is 1410. The second-order valence-corrected chi connectivity index (χ2v) is 8.75. The molecule has 3 aromatic carbocycles. The summed E-state index contributed by atoms with van der Waals surface area (Å²) in [4.78, 5) is 30.8. The first-order valence-corrected chi connectivity index (χ1v) is 11.6. The fraction of sp³-hybridized carbons (Fsp3) is 0.192. The standard InChI is InChI=1S/C26H25N3O4S/c1-16-11-17(2)13-18(12-16)27-24(30)15-34-26-28-21-8-6-5-7-20(21)25(31)29(26)19-9-10-22(32-3)23(14-19)33-4/h5-14H,15H2,1-4H3,(H,27,30). The van der Waals surface area contributed by atoms with Gasteiger partial charge in [-0.25, -0.2) is 4.98 Å². The molecule has 0 spiro atoms. The van der Waals surface area contributed by atoms with Gasteiger partial charge >= 0.3 is 0 Å². The largest absolute Gasteiger partial charge is 0.493 e. The van der Waals surface area contributed by atoms with Crippen LogP contribution in [0.4, 0.5) is 5.69 Å². The van der Waals surface area contributed by atoms with Crippen molar-refractivity contribution in [3.05, 3.63) is 82.1 Å². The lowest BCUT2D eigenvalue weighted by Crippen LogP contribution is -2.23. The summed E-state index contributed by atoms with van der Waals surface area (Å²) in [7, 11) is 3.09. The van der Waals surface area contributed by atoms with E-state index in [9.17, 15) is 9.59 Å². The van der Waals surface area contributed by atoms with Gasteiger partial charge in [0.05, 0.1) is 36.6 Å². The number of nitrogens with zero attached hydrogens (tertiary/aromatic N) is 2. The van der Waals surface area contributed by atoms with Crippen LogP contribution in [0.2, 0.25) is 0 Å². The van der Waals surface area contributed by atoms with Gasteiger partial charge in [-0.1, -0.05) is 30.0 Å². The lowest BCUT2D eigenvalue weighted by Gasteiger charge is -2.15. The normalized spacial score (nSPS) is 10.8. The molecule has 4 aromatic rings. The molecular weight excluding hydrogens is 450 g/mol. The maximum absolute atomic E-state index is 13.5. The zero-order valence-corrected chi connectivity index (χ0v) is 20.2. The molecule has 4 rings (SSSR count). The number of benzene rings is 3. The highest BCUT2D eigenvalue weighted by atomic mass is 32.2. The van der Waals surface area contributed by atoms with Crippen molar-refractivity contribution in [1.82, 2.24) is 9.55 Å². The molecule has 7 nitrogen and oxygen atoms in total. The molecule has 1 aromatic heterocycles. The highest BCUT2D eigenvalue weighted by Crippen LogP contribution is 2.30. The Labute approximate surface area is 201 Å². The van der Waals surface area contributed by atoms with E-state index in [1.165, 1.54) is 23.4 Å². The first kappa shape index (κ1) is 23.4. The molecule has 1 N–H and O–H groups in total. The number of carbonyl (C=O) groups excluding carboxylic acids is 1. The molecule has 0 atom stereocenters. The van der Waals surface area contributed by atoms with E-state index in [4.69, 9.17) is 14.5 Å². The second kappa shape index (κ2) is 10.0. The summed E-state index contributed by atoms with van der Waals surface area (Å²) in [5.41, 5.74) is 3.80. The highest BCUT2D eigenvalue weighted by Gasteiger charge is 2.17. The predicted molar refractivity (Wildman–Crippen MR) is 136 cm³/mol. The highest BCUT2D eigenvalue weighted by molar-refractivity contribution is 7.99. The number of fused-ring (bicyclic) bond motifs is 1. The van der Waals surface area contributed by atoms with Gasteiger partial charge in [-0.05, 0) is 61.4 Å². The van der Waals surface area contributed by atoms with Crippen LogP contribution in [0.1, 0.15) is 11.1 Å². The van der Waals surface area contributed by atoms with Crippen LogP contribution in [0.5, 0.6) is 11.5 Å². The summed E-state index contributed by atoms with van der Waals surface area (Å²) in [5.74, 6) is 0.945. The molecule has 0 saturated heterocycles. The quantitative estimate of drug-likeness (QED) is 0.307. The van der Waals surface area contributed by atoms with Gasteiger partial charge in [-0.2, -0.15) is 0 Å². The molecule has 0 radical (unpaired) electrons. The molecule has 0 fully saturated rings. The number of amides is 1. The number of ether oxygens (including phenoxy) is 2. The van der Waals surface area contributed by atoms with Crippen LogP contribution < -0.4 is 20.3 Å². The summed E-state index contributed by atoms with van der Waals surface area (Å²) in [6.45, 7) is 3.97. The molecule has 1 heterocycles. The average molecular weight is 476 g/mol. The van der Waals surface area contributed by atoms with E-state index in [1.807, 2.05) is 38.1 Å². The number of methoxy groups -OCH3 is 2. The Morgan fingerprint density at radius 2 is 1.68 bits per heavy atom. The van der Waals surface area contributed by atoms with Crippen LogP contribution in [0.25, 0.3) is 16.6 Å². The molecule has 174 valence electrons. The van der Waals surface area contributed by atoms with Gasteiger partial charge in [0, 0.05) is 11.8 Å². The third-order valence-corrected chi connectivity index (χ3v) is 6.15. The first-order chi connectivity index (χ1) is 16.4. The van der Waals surface area contributed by atoms with Gasteiger partial charge in [0.2, 0.25) is 5.91 Å². The van der Waals surface area contributed by atoms with Crippen molar-refractivity contribution in [2.75, 3.05) is 25.3 Å². The van der Waals surface area contributed by atoms with Crippen molar-refractivity contribution in [2.45, 2.75) is 19.0 Å². The summed E-state index contributed by atoms with van der Waals surface area (Å²) in [5, 5.41) is 3.82. The number of thioether (sulfide) groups is 1. The van der Waals surface area contributed by atoms with Gasteiger partial charge in [0.25, 0.3) is 5.56 Å². The molecule has 1 amide bonds. The van der Waals surface area contributed by atoms with Crippen LogP contribution in [0.15, 0.2) is 70.6 Å². The van der Waals surface area contributed by atoms with E-state index in [1.54, 1.807) is 43.5 Å². The number of aromatic nitrogens is 2. The molecule has 0 unspecified atom stereocenters. The summed E-state index contributed by atoms with van der Waals surface area (Å²) < 4.78 is 12.2. The molecular formula is C26H25N3O4S. The molecule has 0 aliphatic rings. The van der Waals surface area contributed by atoms with Gasteiger partial charge in [0.15, 0.2) is 16.7 Å². The van der Waals surface area contributed by atoms with Gasteiger partial charge in [-0.15, -0.1) is 0 Å². The summed E-state index contributed by atoms with van der Waals surface area (Å²) in [6, 6.07) is 18.3. The number of nitrogens with one attached hydrogen (secondary N) is 1. The lowest BCUT2D eigenvalue weighted by atomic mass is 10.1. The molecule has 8 heteroatoms. The Hall–Kier alpha value is -3.78. The third kappa shape index (κ3) is 4.92. The Balaban J connectivity index is 1.70. The monoisotopic (exact) mass is 475 g/mol. The van der Waals surface area contributed by atoms with Gasteiger partial charge in [0.1, 0.15) is 0 Å². The summed E-state index contributed by atoms with van der Waals surface area (Å²) in [6.07, 6.45) is 0. The Morgan fingerprint density at radius 3 is 2.38 bits per heavy atom. The van der Waals surface area contributed by atoms with Crippen molar-refractivity contribution in [1.29, 1.82) is 0 Å². The van der Waals surface area contributed by atoms with Gasteiger partial charge < -0.3 is 14.8 Å². The van der Waals surface area contributed by atoms with Crippen molar-refractivity contribution in [2.24, 2.45) is 0 Å². The molecule has 0 aliphatic heterocycles. The zero-order valence-electron chi connectivity index (χ0n) is 19.4. The van der Waals surface area contributed by atoms with Gasteiger partial charge in [-0.3, -0.25) is 14.2 Å². The van der Waals surface area contributed by atoms with E-state index in [0.717, 1.165) is 16.8 Å². The Morgan fingerprint density at radius 1 is 0.971 bits per heavy atom. The van der Waals surface area contributed by atoms with E-state index >= 15 is 0 Å². The van der Waals surface area contributed by atoms with Crippen LogP contribution in [-0.2, 0) is 4.79 Å². The smallest absolute Gasteiger partial charge is 0.266 e. The number of para-hydroxylation sites is 1. The van der Waals surface area contributed by atoms with Crippen molar-refractivity contribution >= 4 is 34.3 Å². The summed E-state index contributed by atoms with van der Waals surface area (Å²) >= 11 is 1.20. The van der Waals surface area contributed by atoms with Crippen LogP contribution in [0.3, 0.4) is 0 Å². The van der Waals surface area contributed by atoms with Crippen molar-refractivity contribution in [3.8, 4) is 17.2 Å². The van der Waals surface area contributed by atoms with Crippen LogP contribution in [0, 0.1) is 13.8 Å². The SMILES string of the molecule is COc1ccc(-n2c(SCC(=O)Nc3cc(C)cc(C)c3)nc3ccccc3c2=O)cc1OC. The number of hydrogen-bond acceptors (Lipinski definition) is 6. The number of anilines is 1. The minimum absolute atomic E-state index is 0.0884. The van der Waals surface area contributed by atoms with Crippen molar-refractivity contribution in [3.63, 3.8) is 0 Å². The number of aryl methyl sites for hydroxylation is 2. The van der Waals surface area contributed by atoms with Crippen molar-refractivity contribution < 1.29 is 14.3 Å². The Kier molecular flexibility index (Phi) is 6.88. The predicted octanol–water partition coefficient (Wildman–Crippen LogP) is 4.75. The first-order valence-electron chi connectivity index (χ1n) is 10.6. The molecule has 0 bridgehead atoms. The fourth-order valence-electron chi connectivity index (χ4n) is 3.77. The topological polar surface area (TPSA) is 82.5 Å². The fourth-order valence-corrected chi connectivity index (χ4v) is 4.59. The number of rotatable bonds is 7. The number of hydrogen-bond donors (Lipinski definition) is 1.